The molecule has 336 valence electrons. The summed E-state index contributed by atoms with van der Waals surface area (Å²) in [6.45, 7) is 15.9. The minimum Gasteiger partial charge on any atom is -0.309 e. The summed E-state index contributed by atoms with van der Waals surface area (Å²) in [4.78, 5) is 26.9. The zero-order valence-corrected chi connectivity index (χ0v) is 42.0. The van der Waals surface area contributed by atoms with Crippen LogP contribution >= 0.6 is 22.6 Å². The molecule has 0 N–H and O–H groups in total. The van der Waals surface area contributed by atoms with Crippen LogP contribution in [0.25, 0.3) is 95.6 Å². The van der Waals surface area contributed by atoms with Crippen LogP contribution in [0.4, 0.5) is 0 Å². The lowest BCUT2D eigenvalue weighted by atomic mass is 9.84. The topological polar surface area (TPSA) is 69.4 Å². The lowest BCUT2D eigenvalue weighted by Gasteiger charge is -2.22. The van der Waals surface area contributed by atoms with Gasteiger partial charge in [-0.05, 0) is 124 Å². The van der Waals surface area contributed by atoms with E-state index < -0.39 is 0 Å². The molecule has 0 fully saturated rings. The van der Waals surface area contributed by atoms with Crippen LogP contribution in [-0.2, 0) is 17.3 Å². The fourth-order valence-corrected chi connectivity index (χ4v) is 9.68. The number of hydrogen-bond acceptors (Lipinski definition) is 5. The summed E-state index contributed by atoms with van der Waals surface area (Å²) >= 11 is 2.43. The molecule has 6 nitrogen and oxygen atoms in total. The third-order valence-corrected chi connectivity index (χ3v) is 13.4. The van der Waals surface area contributed by atoms with Crippen LogP contribution in [-0.4, -0.2) is 29.5 Å². The van der Waals surface area contributed by atoms with Crippen molar-refractivity contribution in [2.75, 3.05) is 0 Å². The Kier molecular flexibility index (Phi) is 12.1. The first kappa shape index (κ1) is 45.0. The highest BCUT2D eigenvalue weighted by Crippen LogP contribution is 2.40. The molecular formula is C61H55IN6. The Hall–Kier alpha value is -6.84. The van der Waals surface area contributed by atoms with E-state index >= 15 is 0 Å². The first-order valence-corrected chi connectivity index (χ1v) is 24.7. The summed E-state index contributed by atoms with van der Waals surface area (Å²) in [5, 5.41) is 2.36. The molecule has 0 spiro atoms. The number of benzene rings is 7. The van der Waals surface area contributed by atoms with Crippen LogP contribution in [0.3, 0.4) is 0 Å². The van der Waals surface area contributed by atoms with E-state index in [1.807, 2.05) is 24.3 Å². The van der Waals surface area contributed by atoms with E-state index in [0.717, 1.165) is 84.3 Å². The molecule has 0 amide bonds. The molecule has 10 aromatic rings. The molecule has 3 aromatic heterocycles. The van der Waals surface area contributed by atoms with Crippen molar-refractivity contribution in [1.29, 1.82) is 0 Å². The Bertz CT molecular complexity index is 3360. The number of fused-ring (bicyclic) bond motifs is 3. The van der Waals surface area contributed by atoms with E-state index in [4.69, 9.17) is 24.9 Å². The Morgan fingerprint density at radius 3 is 1.56 bits per heavy atom. The predicted octanol–water partition coefficient (Wildman–Crippen LogP) is 16.3. The van der Waals surface area contributed by atoms with Gasteiger partial charge in [0.15, 0.2) is 23.3 Å². The number of aryl methyl sites for hydroxylation is 1. The molecule has 0 atom stereocenters. The average Bonchev–Trinajstić information content (AvgIpc) is 3.69. The van der Waals surface area contributed by atoms with Crippen LogP contribution < -0.4 is 0 Å². The molecule has 3 heterocycles. The van der Waals surface area contributed by atoms with E-state index in [2.05, 4.69) is 221 Å². The molecule has 0 bridgehead atoms. The highest BCUT2D eigenvalue weighted by Gasteiger charge is 2.24. The highest BCUT2D eigenvalue weighted by atomic mass is 127. The molecule has 0 unspecified atom stereocenters. The quantitative estimate of drug-likeness (QED) is 0.128. The first-order chi connectivity index (χ1) is 32.8. The Morgan fingerprint density at radius 2 is 0.956 bits per heavy atom. The van der Waals surface area contributed by atoms with Gasteiger partial charge in [0.05, 0.1) is 28.1 Å². The smallest absolute Gasteiger partial charge is 0.166 e. The van der Waals surface area contributed by atoms with Crippen molar-refractivity contribution in [3.8, 4) is 73.8 Å². The summed E-state index contributed by atoms with van der Waals surface area (Å²) < 4.78 is 3.49. The van der Waals surface area contributed by atoms with Gasteiger partial charge in [0.25, 0.3) is 0 Å². The number of aromatic nitrogens is 6. The number of rotatable bonds is 10. The summed E-state index contributed by atoms with van der Waals surface area (Å²) in [5.41, 5.74) is 14.1. The van der Waals surface area contributed by atoms with E-state index in [1.165, 1.54) is 27.5 Å². The Morgan fingerprint density at radius 1 is 0.441 bits per heavy atom. The van der Waals surface area contributed by atoms with Gasteiger partial charge in [0.2, 0.25) is 0 Å². The zero-order valence-electron chi connectivity index (χ0n) is 39.8. The normalized spacial score (nSPS) is 12.0. The molecule has 7 heteroatoms. The van der Waals surface area contributed by atoms with E-state index in [0.29, 0.717) is 23.3 Å². The van der Waals surface area contributed by atoms with Crippen LogP contribution in [0.2, 0.25) is 0 Å². The van der Waals surface area contributed by atoms with Gasteiger partial charge in [-0.3, -0.25) is 0 Å². The minimum absolute atomic E-state index is 0.0837. The molecule has 0 saturated heterocycles. The van der Waals surface area contributed by atoms with Crippen molar-refractivity contribution in [1.82, 2.24) is 29.5 Å². The Labute approximate surface area is 413 Å². The average molecular weight is 999 g/mol. The lowest BCUT2D eigenvalue weighted by molar-refractivity contribution is 0.589. The summed E-state index contributed by atoms with van der Waals surface area (Å²) in [6, 6.07) is 60.2. The SMILES string of the molecule is CCCCc1cc(-c2nc(-c3cc(I)cc(C(C)(C)C)c3)nc(-c3cc(-c4cc(-c5ccccc5)nc(-c5ccccc5)n4)ccc3-n3c4ccccc4c4ccccc43)n2)cc(C(C)(C)C)c1. The predicted molar refractivity (Wildman–Crippen MR) is 291 cm³/mol. The second-order valence-corrected chi connectivity index (χ2v) is 21.1. The number of para-hydroxylation sites is 2. The number of nitrogens with zero attached hydrogens (tertiary/aromatic N) is 6. The minimum atomic E-state index is -0.0867. The van der Waals surface area contributed by atoms with E-state index in [-0.39, 0.29) is 10.8 Å². The molecule has 10 rings (SSSR count). The molecule has 0 aliphatic heterocycles. The number of hydrogen-bond donors (Lipinski definition) is 0. The van der Waals surface area contributed by atoms with Crippen molar-refractivity contribution >= 4 is 44.4 Å². The van der Waals surface area contributed by atoms with Gasteiger partial charge in [0.1, 0.15) is 0 Å². The Balaban J connectivity index is 1.29. The van der Waals surface area contributed by atoms with Crippen LogP contribution in [0, 0.1) is 3.57 Å². The van der Waals surface area contributed by atoms with Gasteiger partial charge in [0, 0.05) is 47.7 Å². The summed E-state index contributed by atoms with van der Waals surface area (Å²) in [6.07, 6.45) is 3.21. The third kappa shape index (κ3) is 9.12. The largest absolute Gasteiger partial charge is 0.309 e. The van der Waals surface area contributed by atoms with E-state index in [9.17, 15) is 0 Å². The second-order valence-electron chi connectivity index (χ2n) is 19.9. The van der Waals surface area contributed by atoms with Crippen LogP contribution in [0.15, 0.2) is 170 Å². The van der Waals surface area contributed by atoms with Gasteiger partial charge in [-0.25, -0.2) is 24.9 Å². The molecule has 68 heavy (non-hydrogen) atoms. The fourth-order valence-electron chi connectivity index (χ4n) is 9.01. The monoisotopic (exact) mass is 998 g/mol. The lowest BCUT2D eigenvalue weighted by Crippen LogP contribution is -2.12. The van der Waals surface area contributed by atoms with Gasteiger partial charge in [-0.2, -0.15) is 0 Å². The molecule has 0 radical (unpaired) electrons. The van der Waals surface area contributed by atoms with Crippen molar-refractivity contribution < 1.29 is 0 Å². The van der Waals surface area contributed by atoms with Crippen LogP contribution in [0.1, 0.15) is 78.0 Å². The third-order valence-electron chi connectivity index (χ3n) is 12.8. The van der Waals surface area contributed by atoms with Crippen molar-refractivity contribution in [2.45, 2.75) is 78.6 Å². The first-order valence-electron chi connectivity index (χ1n) is 23.7. The standard InChI is InChI=1S/C61H55IN6/c1-8-9-20-39-31-43(33-45(32-39)60(2,3)4)57-65-58(44-34-46(61(5,6)7)37-47(62)35-44)67-59(66-57)50-36-42(29-30-55(50)68-53-27-18-16-25-48(53)49-26-17-19-28-54(49)68)52-38-51(40-21-12-10-13-22-40)63-56(64-52)41-23-14-11-15-24-41/h10-19,21-38H,8-9,20H2,1-7H3. The molecular weight excluding hydrogens is 944 g/mol. The highest BCUT2D eigenvalue weighted by molar-refractivity contribution is 14.1. The van der Waals surface area contributed by atoms with Crippen LogP contribution in [0.5, 0.6) is 0 Å². The van der Waals surface area contributed by atoms with Crippen molar-refractivity contribution in [2.24, 2.45) is 0 Å². The number of halogens is 1. The maximum atomic E-state index is 5.56. The van der Waals surface area contributed by atoms with E-state index in [1.54, 1.807) is 0 Å². The maximum Gasteiger partial charge on any atom is 0.166 e. The van der Waals surface area contributed by atoms with Gasteiger partial charge >= 0.3 is 0 Å². The van der Waals surface area contributed by atoms with Gasteiger partial charge in [-0.15, -0.1) is 0 Å². The zero-order chi connectivity index (χ0) is 47.2. The summed E-state index contributed by atoms with van der Waals surface area (Å²) in [7, 11) is 0. The van der Waals surface area contributed by atoms with Gasteiger partial charge < -0.3 is 4.57 Å². The van der Waals surface area contributed by atoms with Gasteiger partial charge in [-0.1, -0.05) is 164 Å². The second kappa shape index (κ2) is 18.3. The van der Waals surface area contributed by atoms with Crippen molar-refractivity contribution in [3.63, 3.8) is 0 Å². The molecule has 0 aliphatic rings. The summed E-state index contributed by atoms with van der Waals surface area (Å²) in [5.74, 6) is 2.51. The molecule has 0 aliphatic carbocycles. The number of unbranched alkanes of at least 4 members (excludes halogenated alkanes) is 1. The maximum absolute atomic E-state index is 5.56. The molecule has 0 saturated carbocycles. The van der Waals surface area contributed by atoms with Crippen molar-refractivity contribution in [3.05, 3.63) is 190 Å². The fraction of sp³-hybridized carbons (Fsp3) is 0.197. The molecule has 7 aromatic carbocycles.